The maximum absolute atomic E-state index is 12.3. The molecule has 17 heteroatoms. The Bertz CT molecular complexity index is 1100. The van der Waals surface area contributed by atoms with E-state index in [2.05, 4.69) is 31.3 Å². The van der Waals surface area contributed by atoms with Gasteiger partial charge in [0.25, 0.3) is 0 Å². The topological polar surface area (TPSA) is 250 Å². The van der Waals surface area contributed by atoms with Crippen LogP contribution < -0.4 is 15.4 Å². The molecule has 1 rings (SSSR count). The second-order valence-electron chi connectivity index (χ2n) is 9.89. The molecule has 0 aliphatic carbocycles. The molecule has 1 aromatic rings. The number of carbonyl (C=O) groups is 5. The molecule has 40 heavy (non-hydrogen) atoms. The van der Waals surface area contributed by atoms with E-state index >= 15 is 0 Å². The highest BCUT2D eigenvalue weighted by molar-refractivity contribution is 7.90. The van der Waals surface area contributed by atoms with Gasteiger partial charge < -0.3 is 20.8 Å². The van der Waals surface area contributed by atoms with Gasteiger partial charge in [0.2, 0.25) is 27.7 Å². The first kappa shape index (κ1) is 34.4. The van der Waals surface area contributed by atoms with Crippen LogP contribution in [-0.2, 0) is 40.4 Å². The van der Waals surface area contributed by atoms with Crippen LogP contribution in [0.25, 0.3) is 0 Å². The molecular formula is C23H39N7O9S. The SMILES string of the molecule is CCCC(NC(=O)CCC(NC(=O)CCCS(=O)(=O)NC(=O)CC(C)CC(C)Cc1nnn[nH]1)C(=O)O)C(=O)O. The average molecular weight is 590 g/mol. The average Bonchev–Trinajstić information content (AvgIpc) is 3.33. The number of tetrazole rings is 1. The fourth-order valence-electron chi connectivity index (χ4n) is 4.07. The van der Waals surface area contributed by atoms with E-state index in [9.17, 15) is 37.5 Å². The number of aromatic amines is 1. The molecule has 4 unspecified atom stereocenters. The predicted molar refractivity (Wildman–Crippen MR) is 140 cm³/mol. The molecule has 0 fully saturated rings. The van der Waals surface area contributed by atoms with Gasteiger partial charge in [-0.2, -0.15) is 0 Å². The van der Waals surface area contributed by atoms with E-state index < -0.39 is 57.5 Å². The van der Waals surface area contributed by atoms with E-state index in [-0.39, 0.29) is 50.4 Å². The quantitative estimate of drug-likeness (QED) is 0.115. The number of carboxylic acid groups (broad SMARTS) is 2. The number of hydrogen-bond donors (Lipinski definition) is 6. The Balaban J connectivity index is 2.41. The minimum absolute atomic E-state index is 0.0156. The number of carboxylic acids is 2. The maximum atomic E-state index is 12.3. The Morgan fingerprint density at radius 1 is 0.900 bits per heavy atom. The minimum Gasteiger partial charge on any atom is -0.480 e. The second kappa shape index (κ2) is 17.1. The van der Waals surface area contributed by atoms with Gasteiger partial charge in [-0.3, -0.25) is 19.1 Å². The van der Waals surface area contributed by atoms with Crippen LogP contribution in [0.5, 0.6) is 0 Å². The molecule has 16 nitrogen and oxygen atoms in total. The molecule has 0 aliphatic heterocycles. The first-order valence-corrected chi connectivity index (χ1v) is 14.7. The smallest absolute Gasteiger partial charge is 0.326 e. The molecule has 6 N–H and O–H groups in total. The third-order valence-electron chi connectivity index (χ3n) is 5.86. The lowest BCUT2D eigenvalue weighted by Crippen LogP contribution is -2.44. The summed E-state index contributed by atoms with van der Waals surface area (Å²) in [5.74, 6) is -4.54. The van der Waals surface area contributed by atoms with Crippen LogP contribution >= 0.6 is 0 Å². The van der Waals surface area contributed by atoms with Crippen molar-refractivity contribution < 1.29 is 42.6 Å². The first-order valence-electron chi connectivity index (χ1n) is 13.0. The number of H-pyrrole nitrogens is 1. The van der Waals surface area contributed by atoms with Crippen LogP contribution in [-0.4, -0.2) is 86.8 Å². The maximum Gasteiger partial charge on any atom is 0.326 e. The van der Waals surface area contributed by atoms with E-state index in [0.29, 0.717) is 25.1 Å². The molecule has 0 saturated heterocycles. The van der Waals surface area contributed by atoms with Gasteiger partial charge in [0.1, 0.15) is 17.9 Å². The number of sulfonamides is 1. The number of nitrogens with zero attached hydrogens (tertiary/aromatic N) is 3. The lowest BCUT2D eigenvalue weighted by Gasteiger charge is -2.17. The Hall–Kier alpha value is -3.63. The van der Waals surface area contributed by atoms with Gasteiger partial charge in [-0.15, -0.1) is 5.10 Å². The van der Waals surface area contributed by atoms with Crippen LogP contribution in [0.2, 0.25) is 0 Å². The van der Waals surface area contributed by atoms with Gasteiger partial charge in [0.15, 0.2) is 0 Å². The standard InChI is InChI=1S/C23H39N7O9S/c1-4-6-16(22(34)35)24-20(32)9-8-17(23(36)37)25-19(31)7-5-10-40(38,39)28-21(33)13-15(3)11-14(2)12-18-26-29-30-27-18/h14-17H,4-13H2,1-3H3,(H,24,32)(H,25,31)(H,28,33)(H,34,35)(H,36,37)(H,26,27,29,30). The summed E-state index contributed by atoms with van der Waals surface area (Å²) in [5.41, 5.74) is 0. The van der Waals surface area contributed by atoms with Crippen LogP contribution in [0, 0.1) is 11.8 Å². The third kappa shape index (κ3) is 14.5. The van der Waals surface area contributed by atoms with Crippen molar-refractivity contribution >= 4 is 39.7 Å². The van der Waals surface area contributed by atoms with Crippen molar-refractivity contribution in [3.05, 3.63) is 5.82 Å². The number of hydrogen-bond acceptors (Lipinski definition) is 10. The fraction of sp³-hybridized carbons (Fsp3) is 0.739. The summed E-state index contributed by atoms with van der Waals surface area (Å²) in [7, 11) is -4.01. The highest BCUT2D eigenvalue weighted by Crippen LogP contribution is 2.18. The fourth-order valence-corrected chi connectivity index (χ4v) is 5.12. The third-order valence-corrected chi connectivity index (χ3v) is 7.22. The van der Waals surface area contributed by atoms with E-state index in [1.165, 1.54) is 0 Å². The molecule has 4 atom stereocenters. The summed E-state index contributed by atoms with van der Waals surface area (Å²) >= 11 is 0. The van der Waals surface area contributed by atoms with Crippen molar-refractivity contribution in [1.29, 1.82) is 0 Å². The van der Waals surface area contributed by atoms with Gasteiger partial charge >= 0.3 is 11.9 Å². The number of aliphatic carboxylic acids is 2. The minimum atomic E-state index is -4.01. The summed E-state index contributed by atoms with van der Waals surface area (Å²) in [6.07, 6.45) is 0.823. The van der Waals surface area contributed by atoms with Gasteiger partial charge in [-0.05, 0) is 47.9 Å². The van der Waals surface area contributed by atoms with Crippen LogP contribution in [0.3, 0.4) is 0 Å². The van der Waals surface area contributed by atoms with E-state index in [1.54, 1.807) is 6.92 Å². The Morgan fingerprint density at radius 3 is 2.05 bits per heavy atom. The normalized spacial score (nSPS) is 14.4. The zero-order valence-corrected chi connectivity index (χ0v) is 23.7. The second-order valence-corrected chi connectivity index (χ2v) is 11.7. The van der Waals surface area contributed by atoms with Crippen molar-refractivity contribution in [1.82, 2.24) is 36.0 Å². The van der Waals surface area contributed by atoms with Crippen molar-refractivity contribution in [3.63, 3.8) is 0 Å². The number of nitrogens with one attached hydrogen (secondary N) is 4. The summed E-state index contributed by atoms with van der Waals surface area (Å²) in [5, 5.41) is 36.4. The largest absolute Gasteiger partial charge is 0.480 e. The Kier molecular flexibility index (Phi) is 14.7. The zero-order chi connectivity index (χ0) is 30.3. The molecular weight excluding hydrogens is 550 g/mol. The van der Waals surface area contributed by atoms with Crippen LogP contribution in [0.4, 0.5) is 0 Å². The lowest BCUT2D eigenvalue weighted by molar-refractivity contribution is -0.143. The molecule has 1 aromatic heterocycles. The number of amides is 3. The Morgan fingerprint density at radius 2 is 1.50 bits per heavy atom. The molecule has 0 saturated carbocycles. The molecule has 3 amide bonds. The lowest BCUT2D eigenvalue weighted by atomic mass is 9.92. The number of rotatable bonds is 20. The summed E-state index contributed by atoms with van der Waals surface area (Å²) in [4.78, 5) is 59.0. The first-order chi connectivity index (χ1) is 18.7. The van der Waals surface area contributed by atoms with E-state index in [4.69, 9.17) is 5.11 Å². The van der Waals surface area contributed by atoms with E-state index in [1.807, 2.05) is 18.6 Å². The predicted octanol–water partition coefficient (Wildman–Crippen LogP) is -0.260. The van der Waals surface area contributed by atoms with Crippen molar-refractivity contribution in [2.75, 3.05) is 5.75 Å². The highest BCUT2D eigenvalue weighted by Gasteiger charge is 2.24. The summed E-state index contributed by atoms with van der Waals surface area (Å²) in [6, 6.07) is -2.51. The highest BCUT2D eigenvalue weighted by atomic mass is 32.2. The van der Waals surface area contributed by atoms with Crippen LogP contribution in [0.1, 0.15) is 78.0 Å². The van der Waals surface area contributed by atoms with Gasteiger partial charge in [0, 0.05) is 25.7 Å². The van der Waals surface area contributed by atoms with E-state index in [0.717, 1.165) is 0 Å². The van der Waals surface area contributed by atoms with Crippen LogP contribution in [0.15, 0.2) is 0 Å². The molecule has 0 bridgehead atoms. The summed E-state index contributed by atoms with van der Waals surface area (Å²) < 4.78 is 26.5. The molecule has 0 spiro atoms. The monoisotopic (exact) mass is 589 g/mol. The number of carbonyl (C=O) groups excluding carboxylic acids is 3. The van der Waals surface area contributed by atoms with Crippen molar-refractivity contribution in [2.24, 2.45) is 11.8 Å². The molecule has 0 aromatic carbocycles. The summed E-state index contributed by atoms with van der Waals surface area (Å²) in [6.45, 7) is 5.54. The molecule has 0 aliphatic rings. The zero-order valence-electron chi connectivity index (χ0n) is 22.9. The molecule has 1 heterocycles. The van der Waals surface area contributed by atoms with Crippen molar-refractivity contribution in [3.8, 4) is 0 Å². The molecule has 226 valence electrons. The van der Waals surface area contributed by atoms with Gasteiger partial charge in [0.05, 0.1) is 5.75 Å². The number of aromatic nitrogens is 4. The van der Waals surface area contributed by atoms with Gasteiger partial charge in [-0.25, -0.2) is 23.1 Å². The Labute approximate surface area is 232 Å². The van der Waals surface area contributed by atoms with Gasteiger partial charge in [-0.1, -0.05) is 27.2 Å². The molecule has 0 radical (unpaired) electrons. The van der Waals surface area contributed by atoms with Crippen molar-refractivity contribution in [2.45, 2.75) is 90.6 Å².